The molecule has 0 radical (unpaired) electrons. The lowest BCUT2D eigenvalue weighted by atomic mass is 10.1. The van der Waals surface area contributed by atoms with Gasteiger partial charge < -0.3 is 4.74 Å². The molecule has 4 rings (SSSR count). The summed E-state index contributed by atoms with van der Waals surface area (Å²) in [7, 11) is 0. The fourth-order valence-electron chi connectivity index (χ4n) is 4.10. The molecule has 0 aromatic heterocycles. The molecule has 1 heterocycles. The topological polar surface area (TPSA) is 12.5 Å². The first-order valence-electron chi connectivity index (χ1n) is 10.8. The Balaban J connectivity index is 1.22. The van der Waals surface area contributed by atoms with Crippen LogP contribution in [0.15, 0.2) is 66.7 Å². The zero-order valence-electron chi connectivity index (χ0n) is 16.8. The summed E-state index contributed by atoms with van der Waals surface area (Å²) >= 11 is 0. The first-order valence-corrected chi connectivity index (χ1v) is 10.8. The van der Waals surface area contributed by atoms with Crippen molar-refractivity contribution >= 4 is 10.8 Å². The molecule has 3 aromatic carbocycles. The number of likely N-dealkylation sites (tertiary alicyclic amines) is 1. The lowest BCUT2D eigenvalue weighted by Crippen LogP contribution is -2.18. The van der Waals surface area contributed by atoms with Crippen LogP contribution in [-0.2, 0) is 13.0 Å². The van der Waals surface area contributed by atoms with E-state index in [9.17, 15) is 0 Å². The maximum absolute atomic E-state index is 6.00. The summed E-state index contributed by atoms with van der Waals surface area (Å²) in [6.07, 6.45) is 7.41. The summed E-state index contributed by atoms with van der Waals surface area (Å²) in [6, 6.07) is 24.1. The Morgan fingerprint density at radius 1 is 0.714 bits per heavy atom. The van der Waals surface area contributed by atoms with E-state index in [1.807, 2.05) is 0 Å². The largest absolute Gasteiger partial charge is 0.494 e. The number of ether oxygens (including phenoxy) is 1. The fraction of sp³-hybridized carbons (Fsp3) is 0.385. The molecule has 28 heavy (non-hydrogen) atoms. The van der Waals surface area contributed by atoms with E-state index in [4.69, 9.17) is 4.74 Å². The highest BCUT2D eigenvalue weighted by atomic mass is 16.5. The molecule has 146 valence electrons. The van der Waals surface area contributed by atoms with E-state index in [0.717, 1.165) is 31.7 Å². The average Bonchev–Trinajstić information content (AvgIpc) is 3.24. The van der Waals surface area contributed by atoms with E-state index in [0.29, 0.717) is 0 Å². The molecular formula is C26H31NO. The van der Waals surface area contributed by atoms with Gasteiger partial charge in [-0.05, 0) is 91.7 Å². The Kier molecular flexibility index (Phi) is 6.62. The Labute approximate surface area is 169 Å². The van der Waals surface area contributed by atoms with E-state index in [1.165, 1.54) is 60.7 Å². The summed E-state index contributed by atoms with van der Waals surface area (Å²) in [5.74, 6) is 0.989. The Morgan fingerprint density at radius 2 is 1.50 bits per heavy atom. The van der Waals surface area contributed by atoms with Crippen LogP contribution < -0.4 is 4.74 Å². The molecule has 1 saturated heterocycles. The van der Waals surface area contributed by atoms with Gasteiger partial charge in [-0.1, -0.05) is 48.5 Å². The van der Waals surface area contributed by atoms with E-state index in [2.05, 4.69) is 71.6 Å². The van der Waals surface area contributed by atoms with Crippen molar-refractivity contribution in [1.29, 1.82) is 0 Å². The molecular weight excluding hydrogens is 342 g/mol. The molecule has 0 aliphatic carbocycles. The van der Waals surface area contributed by atoms with Crippen LogP contribution >= 0.6 is 0 Å². The molecule has 0 N–H and O–H groups in total. The minimum absolute atomic E-state index is 0.799. The third-order valence-corrected chi connectivity index (χ3v) is 5.70. The lowest BCUT2D eigenvalue weighted by Gasteiger charge is -2.15. The first kappa shape index (κ1) is 19.0. The Morgan fingerprint density at radius 3 is 2.36 bits per heavy atom. The van der Waals surface area contributed by atoms with Gasteiger partial charge >= 0.3 is 0 Å². The average molecular weight is 374 g/mol. The number of fused-ring (bicyclic) bond motifs is 1. The quantitative estimate of drug-likeness (QED) is 0.412. The molecule has 3 aromatic rings. The van der Waals surface area contributed by atoms with Crippen molar-refractivity contribution in [2.24, 2.45) is 0 Å². The third-order valence-electron chi connectivity index (χ3n) is 5.70. The SMILES string of the molecule is c1ccc(CCCCCOc2ccc3cc(CN4CCCC4)ccc3c2)cc1. The molecule has 0 amide bonds. The molecule has 0 unspecified atom stereocenters. The summed E-state index contributed by atoms with van der Waals surface area (Å²) in [6.45, 7) is 4.37. The molecule has 1 aliphatic rings. The highest BCUT2D eigenvalue weighted by Crippen LogP contribution is 2.23. The van der Waals surface area contributed by atoms with E-state index < -0.39 is 0 Å². The second kappa shape index (κ2) is 9.75. The molecule has 2 nitrogen and oxygen atoms in total. The van der Waals surface area contributed by atoms with Gasteiger partial charge in [0.25, 0.3) is 0 Å². The van der Waals surface area contributed by atoms with Gasteiger partial charge in [0.2, 0.25) is 0 Å². The molecule has 2 heteroatoms. The zero-order valence-corrected chi connectivity index (χ0v) is 16.8. The predicted octanol–water partition coefficient (Wildman–Crippen LogP) is 6.23. The van der Waals surface area contributed by atoms with Crippen LogP contribution in [0.25, 0.3) is 10.8 Å². The second-order valence-corrected chi connectivity index (χ2v) is 7.97. The van der Waals surface area contributed by atoms with Crippen LogP contribution in [0.5, 0.6) is 5.75 Å². The predicted molar refractivity (Wildman–Crippen MR) is 118 cm³/mol. The van der Waals surface area contributed by atoms with Gasteiger partial charge in [-0.25, -0.2) is 0 Å². The number of hydrogen-bond donors (Lipinski definition) is 0. The second-order valence-electron chi connectivity index (χ2n) is 7.97. The highest BCUT2D eigenvalue weighted by molar-refractivity contribution is 5.84. The van der Waals surface area contributed by atoms with Crippen LogP contribution in [0.2, 0.25) is 0 Å². The summed E-state index contributed by atoms with van der Waals surface area (Å²) in [4.78, 5) is 2.55. The normalized spacial score (nSPS) is 14.6. The summed E-state index contributed by atoms with van der Waals surface area (Å²) < 4.78 is 6.00. The van der Waals surface area contributed by atoms with Gasteiger partial charge in [0.15, 0.2) is 0 Å². The lowest BCUT2D eigenvalue weighted by molar-refractivity contribution is 0.305. The van der Waals surface area contributed by atoms with Crippen molar-refractivity contribution in [3.63, 3.8) is 0 Å². The minimum atomic E-state index is 0.799. The molecule has 0 bridgehead atoms. The van der Waals surface area contributed by atoms with E-state index in [-0.39, 0.29) is 0 Å². The summed E-state index contributed by atoms with van der Waals surface area (Å²) in [5.41, 5.74) is 2.85. The smallest absolute Gasteiger partial charge is 0.119 e. The first-order chi connectivity index (χ1) is 13.9. The third kappa shape index (κ3) is 5.36. The van der Waals surface area contributed by atoms with Gasteiger partial charge in [-0.2, -0.15) is 0 Å². The van der Waals surface area contributed by atoms with Crippen LogP contribution in [0.3, 0.4) is 0 Å². The monoisotopic (exact) mass is 373 g/mol. The van der Waals surface area contributed by atoms with Crippen molar-refractivity contribution < 1.29 is 4.74 Å². The minimum Gasteiger partial charge on any atom is -0.494 e. The number of aryl methyl sites for hydroxylation is 1. The van der Waals surface area contributed by atoms with Crippen molar-refractivity contribution in [2.45, 2.75) is 45.1 Å². The number of hydrogen-bond acceptors (Lipinski definition) is 2. The molecule has 1 fully saturated rings. The van der Waals surface area contributed by atoms with Crippen molar-refractivity contribution in [1.82, 2.24) is 4.90 Å². The fourth-order valence-corrected chi connectivity index (χ4v) is 4.10. The maximum atomic E-state index is 6.00. The molecule has 0 saturated carbocycles. The van der Waals surface area contributed by atoms with E-state index >= 15 is 0 Å². The van der Waals surface area contributed by atoms with Crippen LogP contribution in [0.4, 0.5) is 0 Å². The van der Waals surface area contributed by atoms with Crippen LogP contribution in [0.1, 0.15) is 43.2 Å². The zero-order chi connectivity index (χ0) is 19.0. The van der Waals surface area contributed by atoms with Crippen LogP contribution in [-0.4, -0.2) is 24.6 Å². The number of benzene rings is 3. The van der Waals surface area contributed by atoms with Crippen LogP contribution in [0, 0.1) is 0 Å². The highest BCUT2D eigenvalue weighted by Gasteiger charge is 2.11. The number of unbranched alkanes of at least 4 members (excludes halogenated alkanes) is 2. The van der Waals surface area contributed by atoms with Gasteiger partial charge in [0, 0.05) is 6.54 Å². The van der Waals surface area contributed by atoms with Gasteiger partial charge in [0.05, 0.1) is 6.61 Å². The van der Waals surface area contributed by atoms with E-state index in [1.54, 1.807) is 0 Å². The molecule has 0 atom stereocenters. The molecule has 1 aliphatic heterocycles. The van der Waals surface area contributed by atoms with Crippen molar-refractivity contribution in [2.75, 3.05) is 19.7 Å². The van der Waals surface area contributed by atoms with Gasteiger partial charge in [-0.3, -0.25) is 4.90 Å². The summed E-state index contributed by atoms with van der Waals surface area (Å²) in [5, 5.41) is 2.58. The number of nitrogens with zero attached hydrogens (tertiary/aromatic N) is 1. The van der Waals surface area contributed by atoms with Crippen molar-refractivity contribution in [3.05, 3.63) is 77.9 Å². The van der Waals surface area contributed by atoms with Gasteiger partial charge in [-0.15, -0.1) is 0 Å². The standard InChI is InChI=1S/C26H31NO/c1-3-9-22(10-4-1)11-5-2-8-18-28-26-15-14-24-19-23(12-13-25(24)20-26)21-27-16-6-7-17-27/h1,3-4,9-10,12-15,19-20H,2,5-8,11,16-18,21H2. The van der Waals surface area contributed by atoms with Crippen molar-refractivity contribution in [3.8, 4) is 5.75 Å². The maximum Gasteiger partial charge on any atom is 0.119 e. The Bertz CT molecular complexity index is 868. The Hall–Kier alpha value is -2.32. The molecule has 0 spiro atoms. The van der Waals surface area contributed by atoms with Gasteiger partial charge in [0.1, 0.15) is 5.75 Å². The number of rotatable bonds is 9.